The fourth-order valence-corrected chi connectivity index (χ4v) is 3.94. The molecule has 10 nitrogen and oxygen atoms in total. The van der Waals surface area contributed by atoms with E-state index in [1.54, 1.807) is 6.92 Å². The highest BCUT2D eigenvalue weighted by Crippen LogP contribution is 2.35. The fourth-order valence-electron chi connectivity index (χ4n) is 2.92. The van der Waals surface area contributed by atoms with Gasteiger partial charge < -0.3 is 21.3 Å². The lowest BCUT2D eigenvalue weighted by Crippen LogP contribution is -2.30. The van der Waals surface area contributed by atoms with Crippen LogP contribution in [0.2, 0.25) is 5.02 Å². The van der Waals surface area contributed by atoms with Crippen LogP contribution in [0.25, 0.3) is 0 Å². The van der Waals surface area contributed by atoms with E-state index in [-0.39, 0.29) is 22.2 Å². The predicted octanol–water partition coefficient (Wildman–Crippen LogP) is 3.39. The summed E-state index contributed by atoms with van der Waals surface area (Å²) in [6.45, 7) is 2.01. The van der Waals surface area contributed by atoms with Crippen LogP contribution in [-0.2, 0) is 12.7 Å². The average molecular weight is 529 g/mol. The van der Waals surface area contributed by atoms with Crippen LogP contribution >= 0.6 is 22.9 Å². The minimum Gasteiger partial charge on any atom is -0.383 e. The summed E-state index contributed by atoms with van der Waals surface area (Å²) in [5.74, 6) is -1.36. The Bertz CT molecular complexity index is 1250. The third kappa shape index (κ3) is 6.41. The summed E-state index contributed by atoms with van der Waals surface area (Å²) in [5.41, 5.74) is 5.36. The first-order chi connectivity index (χ1) is 16.4. The molecule has 186 valence electrons. The van der Waals surface area contributed by atoms with E-state index in [1.165, 1.54) is 12.5 Å². The van der Waals surface area contributed by atoms with Gasteiger partial charge in [0.05, 0.1) is 22.8 Å². The second kappa shape index (κ2) is 10.5. The minimum atomic E-state index is -4.70. The first kappa shape index (κ1) is 26.2. The maximum absolute atomic E-state index is 13.0. The Morgan fingerprint density at radius 1 is 1.17 bits per heavy atom. The van der Waals surface area contributed by atoms with E-state index in [1.807, 2.05) is 19.0 Å². The number of alkyl halides is 3. The number of hydrogen-bond acceptors (Lipinski definition) is 9. The quantitative estimate of drug-likeness (QED) is 0.424. The second-order valence-corrected chi connectivity index (χ2v) is 9.05. The Hall–Kier alpha value is -3.36. The minimum absolute atomic E-state index is 0.103. The van der Waals surface area contributed by atoms with E-state index in [9.17, 15) is 22.8 Å². The van der Waals surface area contributed by atoms with Crippen LogP contribution in [0.1, 0.15) is 49.3 Å². The van der Waals surface area contributed by atoms with Crippen molar-refractivity contribution in [2.45, 2.75) is 25.7 Å². The van der Waals surface area contributed by atoms with Crippen molar-refractivity contribution in [1.82, 2.24) is 30.2 Å². The number of carbonyl (C=O) groups excluding carboxylic acids is 2. The summed E-state index contributed by atoms with van der Waals surface area (Å²) in [6.07, 6.45) is -1.46. The first-order valence-corrected chi connectivity index (χ1v) is 11.1. The molecule has 3 rings (SSSR count). The molecule has 0 aliphatic heterocycles. The molecule has 0 aromatic carbocycles. The maximum Gasteiger partial charge on any atom is 0.418 e. The van der Waals surface area contributed by atoms with Gasteiger partial charge in [-0.3, -0.25) is 9.59 Å². The number of nitrogens with two attached hydrogens (primary N) is 1. The van der Waals surface area contributed by atoms with Crippen LogP contribution in [0.5, 0.6) is 0 Å². The zero-order chi connectivity index (χ0) is 25.9. The van der Waals surface area contributed by atoms with Crippen LogP contribution in [0, 0.1) is 0 Å². The van der Waals surface area contributed by atoms with Crippen LogP contribution < -0.4 is 16.4 Å². The van der Waals surface area contributed by atoms with Gasteiger partial charge in [0.25, 0.3) is 11.8 Å². The van der Waals surface area contributed by atoms with Gasteiger partial charge in [0.2, 0.25) is 0 Å². The van der Waals surface area contributed by atoms with Crippen molar-refractivity contribution in [3.05, 3.63) is 56.5 Å². The van der Waals surface area contributed by atoms with Gasteiger partial charge in [0, 0.05) is 18.3 Å². The summed E-state index contributed by atoms with van der Waals surface area (Å²) >= 11 is 6.50. The van der Waals surface area contributed by atoms with Crippen molar-refractivity contribution in [2.24, 2.45) is 0 Å². The molecule has 0 aliphatic rings. The summed E-state index contributed by atoms with van der Waals surface area (Å²) in [5, 5.41) is 4.84. The monoisotopic (exact) mass is 528 g/mol. The third-order valence-corrected chi connectivity index (χ3v) is 6.02. The summed E-state index contributed by atoms with van der Waals surface area (Å²) in [7, 11) is 3.62. The van der Waals surface area contributed by atoms with Crippen molar-refractivity contribution in [3.63, 3.8) is 0 Å². The van der Waals surface area contributed by atoms with Crippen LogP contribution in [-0.4, -0.2) is 50.7 Å². The normalized spacial score (nSPS) is 12.5. The maximum atomic E-state index is 13.0. The third-order valence-electron chi connectivity index (χ3n) is 4.54. The van der Waals surface area contributed by atoms with Crippen LogP contribution in [0.3, 0.4) is 0 Å². The zero-order valence-electron chi connectivity index (χ0n) is 18.6. The van der Waals surface area contributed by atoms with Crippen molar-refractivity contribution in [2.75, 3.05) is 25.1 Å². The highest BCUT2D eigenvalue weighted by molar-refractivity contribution is 7.13. The SMILES string of the molecule is CC(NC(=O)c1ncnc(N)c1CN(C)C)c1ncc(C(=O)Nc2cc(C(F)(F)F)c(Cl)cn2)s1. The Morgan fingerprint density at radius 2 is 1.89 bits per heavy atom. The Balaban J connectivity index is 1.72. The number of halogens is 4. The van der Waals surface area contributed by atoms with Gasteiger partial charge in [0.15, 0.2) is 0 Å². The molecule has 0 bridgehead atoms. The van der Waals surface area contributed by atoms with Gasteiger partial charge in [-0.05, 0) is 27.1 Å². The molecule has 4 N–H and O–H groups in total. The van der Waals surface area contributed by atoms with Crippen LogP contribution in [0.15, 0.2) is 24.8 Å². The van der Waals surface area contributed by atoms with Gasteiger partial charge >= 0.3 is 6.18 Å². The molecular formula is C20H20ClF3N8O2S. The number of pyridine rings is 1. The highest BCUT2D eigenvalue weighted by Gasteiger charge is 2.34. The second-order valence-electron chi connectivity index (χ2n) is 7.58. The molecule has 0 saturated heterocycles. The average Bonchev–Trinajstić information content (AvgIpc) is 3.26. The highest BCUT2D eigenvalue weighted by atomic mass is 35.5. The molecule has 3 aromatic heterocycles. The van der Waals surface area contributed by atoms with Gasteiger partial charge in [-0.15, -0.1) is 11.3 Å². The smallest absolute Gasteiger partial charge is 0.383 e. The zero-order valence-corrected chi connectivity index (χ0v) is 20.2. The van der Waals surface area contributed by atoms with Crippen molar-refractivity contribution in [3.8, 4) is 0 Å². The van der Waals surface area contributed by atoms with E-state index in [0.29, 0.717) is 23.2 Å². The molecule has 0 saturated carbocycles. The Labute approximate surface area is 206 Å². The number of thiazole rings is 1. The molecule has 2 amide bonds. The van der Waals surface area contributed by atoms with Crippen LogP contribution in [0.4, 0.5) is 24.8 Å². The number of carbonyl (C=O) groups is 2. The van der Waals surface area contributed by atoms with Gasteiger partial charge in [-0.1, -0.05) is 11.6 Å². The number of aromatic nitrogens is 4. The lowest BCUT2D eigenvalue weighted by atomic mass is 10.1. The van der Waals surface area contributed by atoms with E-state index in [4.69, 9.17) is 17.3 Å². The number of nitrogens with zero attached hydrogens (tertiary/aromatic N) is 5. The van der Waals surface area contributed by atoms with E-state index in [2.05, 4.69) is 30.6 Å². The number of hydrogen-bond donors (Lipinski definition) is 3. The Kier molecular flexibility index (Phi) is 7.87. The topological polar surface area (TPSA) is 139 Å². The Morgan fingerprint density at radius 3 is 2.54 bits per heavy atom. The molecule has 0 fully saturated rings. The van der Waals surface area contributed by atoms with Gasteiger partial charge in [0.1, 0.15) is 33.5 Å². The lowest BCUT2D eigenvalue weighted by molar-refractivity contribution is -0.137. The molecule has 3 aromatic rings. The number of nitrogens with one attached hydrogen (secondary N) is 2. The molecule has 1 unspecified atom stereocenters. The number of amides is 2. The molecule has 3 heterocycles. The molecular weight excluding hydrogens is 509 g/mol. The van der Waals surface area contributed by atoms with Crippen molar-refractivity contribution >= 4 is 46.4 Å². The summed E-state index contributed by atoms with van der Waals surface area (Å²) in [6, 6.07) is 0.0342. The largest absolute Gasteiger partial charge is 0.418 e. The number of anilines is 2. The molecule has 0 radical (unpaired) electrons. The number of rotatable bonds is 7. The lowest BCUT2D eigenvalue weighted by Gasteiger charge is -2.16. The van der Waals surface area contributed by atoms with Crippen molar-refractivity contribution in [1.29, 1.82) is 0 Å². The van der Waals surface area contributed by atoms with E-state index in [0.717, 1.165) is 17.5 Å². The fraction of sp³-hybridized carbons (Fsp3) is 0.300. The van der Waals surface area contributed by atoms with Crippen molar-refractivity contribution < 1.29 is 22.8 Å². The standard InChI is InChI=1S/C20H20ClF3N8O2S/c1-9(30-18(34)15-10(7-32(2)3)16(25)29-8-28-15)19-27-6-13(35-19)17(33)31-14-4-11(20(22,23)24)12(21)5-26-14/h4-6,8-9H,7H2,1-3H3,(H,30,34)(H2,25,28,29)(H,26,31,33). The summed E-state index contributed by atoms with van der Waals surface area (Å²) < 4.78 is 39.1. The summed E-state index contributed by atoms with van der Waals surface area (Å²) in [4.78, 5) is 43.1. The molecule has 0 spiro atoms. The van der Waals surface area contributed by atoms with Gasteiger partial charge in [-0.2, -0.15) is 13.2 Å². The predicted molar refractivity (Wildman–Crippen MR) is 124 cm³/mol. The molecule has 35 heavy (non-hydrogen) atoms. The number of nitrogen functional groups attached to an aromatic ring is 1. The van der Waals surface area contributed by atoms with E-state index < -0.39 is 34.6 Å². The first-order valence-electron chi connectivity index (χ1n) is 9.91. The molecule has 15 heteroatoms. The van der Waals surface area contributed by atoms with E-state index >= 15 is 0 Å². The molecule has 1 atom stereocenters. The molecule has 0 aliphatic carbocycles. The van der Waals surface area contributed by atoms with Gasteiger partial charge in [-0.25, -0.2) is 19.9 Å².